The van der Waals surface area contributed by atoms with Gasteiger partial charge >= 0.3 is 12.0 Å². The van der Waals surface area contributed by atoms with Crippen molar-refractivity contribution in [3.8, 4) is 0 Å². The minimum Gasteiger partial charge on any atom is -0.477 e. The first-order valence-corrected chi connectivity index (χ1v) is 15.2. The number of aliphatic carboxylic acids is 1. The lowest BCUT2D eigenvalue weighted by molar-refractivity contribution is -0.150. The van der Waals surface area contributed by atoms with Crippen molar-refractivity contribution in [2.24, 2.45) is 0 Å². The van der Waals surface area contributed by atoms with E-state index in [2.05, 4.69) is 20.8 Å². The number of β-lactam (4-membered cyclic amide) rings is 1. The summed E-state index contributed by atoms with van der Waals surface area (Å²) in [6.45, 7) is 5.32. The number of aromatic nitrogens is 2. The van der Waals surface area contributed by atoms with E-state index < -0.39 is 41.1 Å². The van der Waals surface area contributed by atoms with E-state index in [9.17, 15) is 29.1 Å². The topological polar surface area (TPSA) is 162 Å². The van der Waals surface area contributed by atoms with Gasteiger partial charge in [0.05, 0.1) is 6.42 Å². The Morgan fingerprint density at radius 1 is 1.22 bits per heavy atom. The monoisotopic (exact) mass is 616 g/mol. The highest BCUT2D eigenvalue weighted by atomic mass is 32.2. The average molecular weight is 617 g/mol. The summed E-state index contributed by atoms with van der Waals surface area (Å²) >= 11 is 4.17. The van der Waals surface area contributed by atoms with Gasteiger partial charge in [-0.3, -0.25) is 24.2 Å². The number of rotatable bonds is 9. The molecule has 1 saturated heterocycles. The van der Waals surface area contributed by atoms with Crippen LogP contribution < -0.4 is 10.6 Å². The largest absolute Gasteiger partial charge is 0.477 e. The molecule has 2 aromatic rings. The van der Waals surface area contributed by atoms with E-state index in [1.165, 1.54) is 52.9 Å². The second kappa shape index (κ2) is 12.9. The predicted octanol–water partition coefficient (Wildman–Crippen LogP) is 2.88. The van der Waals surface area contributed by atoms with Gasteiger partial charge in [-0.2, -0.15) is 0 Å². The number of carboxylic acids is 1. The highest BCUT2D eigenvalue weighted by Crippen LogP contribution is 2.41. The quantitative estimate of drug-likeness (QED) is 0.217. The van der Waals surface area contributed by atoms with Crippen molar-refractivity contribution in [3.63, 3.8) is 0 Å². The second-order valence-corrected chi connectivity index (χ2v) is 13.0. The standard InChI is InChI=1S/C26H28N6O6S3/c1-13(2)9-19(34)31(4)25(38)27-17-8-6-5-7-15(17)10-18(33)28-20-22(35)32-21(24(36)37)16(11-39-23(20)32)12-40-26-30-29-14(3)41-26/h5-9,20,23H,10-12H2,1-4H3,(H,27,38)(H,28,33)(H,36,37)/t20?,23-/m1/s1. The fourth-order valence-electron chi connectivity index (χ4n) is 4.12. The number of amides is 5. The Morgan fingerprint density at radius 2 is 1.95 bits per heavy atom. The van der Waals surface area contributed by atoms with E-state index in [0.29, 0.717) is 28.3 Å². The average Bonchev–Trinajstić information content (AvgIpc) is 3.34. The molecule has 5 amide bonds. The number of hydrogen-bond donors (Lipinski definition) is 3. The zero-order chi connectivity index (χ0) is 29.8. The zero-order valence-electron chi connectivity index (χ0n) is 22.7. The molecule has 0 aliphatic carbocycles. The van der Waals surface area contributed by atoms with Crippen LogP contribution in [-0.4, -0.2) is 84.8 Å². The fourth-order valence-corrected chi connectivity index (χ4v) is 7.42. The molecule has 3 heterocycles. The third-order valence-corrected chi connectivity index (χ3v) is 9.50. The van der Waals surface area contributed by atoms with Crippen molar-refractivity contribution in [1.29, 1.82) is 0 Å². The number of urea groups is 1. The summed E-state index contributed by atoms with van der Waals surface area (Å²) < 4.78 is 0.717. The van der Waals surface area contributed by atoms with Crippen LogP contribution in [0.4, 0.5) is 10.5 Å². The molecule has 2 aliphatic rings. The molecule has 3 N–H and O–H groups in total. The Bertz CT molecular complexity index is 1470. The Labute approximate surface area is 248 Å². The van der Waals surface area contributed by atoms with Crippen molar-refractivity contribution < 1.29 is 29.1 Å². The van der Waals surface area contributed by atoms with Crippen molar-refractivity contribution in [1.82, 2.24) is 25.3 Å². The number of fused-ring (bicyclic) bond motifs is 1. The Morgan fingerprint density at radius 3 is 2.61 bits per heavy atom. The number of likely N-dealkylation sites (N-methyl/N-ethyl adjacent to an activating group) is 1. The number of imide groups is 1. The van der Waals surface area contributed by atoms with Crippen molar-refractivity contribution >= 4 is 70.3 Å². The van der Waals surface area contributed by atoms with E-state index in [0.717, 1.165) is 19.8 Å². The molecule has 15 heteroatoms. The summed E-state index contributed by atoms with van der Waals surface area (Å²) in [6, 6.07) is 5.12. The molecule has 1 aromatic heterocycles. The van der Waals surface area contributed by atoms with Gasteiger partial charge in [-0.05, 0) is 38.0 Å². The molecule has 1 fully saturated rings. The number of carbonyl (C=O) groups is 5. The highest BCUT2D eigenvalue weighted by Gasteiger charge is 2.54. The maximum absolute atomic E-state index is 13.0. The molecule has 0 spiro atoms. The van der Waals surface area contributed by atoms with Gasteiger partial charge in [0.15, 0.2) is 4.34 Å². The number of aryl methyl sites for hydroxylation is 1. The Balaban J connectivity index is 1.39. The lowest BCUT2D eigenvalue weighted by Gasteiger charge is -2.49. The van der Waals surface area contributed by atoms with Crippen LogP contribution in [0.5, 0.6) is 0 Å². The van der Waals surface area contributed by atoms with Gasteiger partial charge in [0.2, 0.25) is 5.91 Å². The third kappa shape index (κ3) is 6.97. The summed E-state index contributed by atoms with van der Waals surface area (Å²) in [5, 5.41) is 23.5. The van der Waals surface area contributed by atoms with Gasteiger partial charge in [-0.25, -0.2) is 9.59 Å². The summed E-state index contributed by atoms with van der Waals surface area (Å²) in [6.07, 6.45) is 1.20. The van der Waals surface area contributed by atoms with Crippen molar-refractivity contribution in [3.05, 3.63) is 57.8 Å². The van der Waals surface area contributed by atoms with Crippen molar-refractivity contribution in [2.45, 2.75) is 42.9 Å². The van der Waals surface area contributed by atoms with E-state index >= 15 is 0 Å². The van der Waals surface area contributed by atoms with Crippen LogP contribution in [0.3, 0.4) is 0 Å². The van der Waals surface area contributed by atoms with Crippen LogP contribution in [0.2, 0.25) is 0 Å². The minimum atomic E-state index is -1.20. The van der Waals surface area contributed by atoms with Gasteiger partial charge in [0.25, 0.3) is 11.8 Å². The molecule has 0 saturated carbocycles. The molecule has 1 aromatic carbocycles. The van der Waals surface area contributed by atoms with E-state index in [1.807, 2.05) is 6.92 Å². The van der Waals surface area contributed by atoms with Crippen molar-refractivity contribution in [2.75, 3.05) is 23.9 Å². The van der Waals surface area contributed by atoms with Crippen LogP contribution in [0.1, 0.15) is 24.4 Å². The number of carbonyl (C=O) groups excluding carboxylic acids is 4. The number of hydrogen-bond acceptors (Lipinski definition) is 10. The SMILES string of the molecule is CC(C)=CC(=O)N(C)C(=O)Nc1ccccc1CC(=O)NC1C(=O)N2C(C(=O)O)=C(CSc3nnc(C)s3)CS[C@H]12. The van der Waals surface area contributed by atoms with Crippen LogP contribution in [-0.2, 0) is 25.6 Å². The molecule has 4 rings (SSSR count). The molecule has 2 atom stereocenters. The van der Waals surface area contributed by atoms with Gasteiger partial charge < -0.3 is 15.7 Å². The highest BCUT2D eigenvalue weighted by molar-refractivity contribution is 8.01. The summed E-state index contributed by atoms with van der Waals surface area (Å²) in [5.41, 5.74) is 2.13. The maximum atomic E-state index is 13.0. The first-order chi connectivity index (χ1) is 19.5. The van der Waals surface area contributed by atoms with Crippen LogP contribution >= 0.6 is 34.9 Å². The number of carboxylic acid groups (broad SMARTS) is 1. The molecular formula is C26H28N6O6S3. The number of nitrogens with one attached hydrogen (secondary N) is 2. The molecule has 1 unspecified atom stereocenters. The fraction of sp³-hybridized carbons (Fsp3) is 0.346. The Hall–Kier alpha value is -3.69. The normalized spacial score (nSPS) is 17.8. The summed E-state index contributed by atoms with van der Waals surface area (Å²) in [7, 11) is 1.35. The molecule has 41 heavy (non-hydrogen) atoms. The first-order valence-electron chi connectivity index (χ1n) is 12.4. The number of anilines is 1. The lowest BCUT2D eigenvalue weighted by Crippen LogP contribution is -2.70. The van der Waals surface area contributed by atoms with E-state index in [4.69, 9.17) is 0 Å². The van der Waals surface area contributed by atoms with Crippen LogP contribution in [0.15, 0.2) is 51.5 Å². The number of para-hydroxylation sites is 1. The van der Waals surface area contributed by atoms with Gasteiger partial charge in [-0.1, -0.05) is 46.9 Å². The number of nitrogens with zero attached hydrogens (tertiary/aromatic N) is 4. The molecule has 0 radical (unpaired) electrons. The van der Waals surface area contributed by atoms with Gasteiger partial charge in [0, 0.05) is 30.3 Å². The maximum Gasteiger partial charge on any atom is 0.352 e. The first kappa shape index (κ1) is 30.3. The summed E-state index contributed by atoms with van der Waals surface area (Å²) in [5.74, 6) is -1.90. The third-order valence-electron chi connectivity index (χ3n) is 6.10. The zero-order valence-corrected chi connectivity index (χ0v) is 25.1. The van der Waals surface area contributed by atoms with E-state index in [-0.39, 0.29) is 12.1 Å². The smallest absolute Gasteiger partial charge is 0.352 e. The number of thioether (sulfide) groups is 2. The predicted molar refractivity (Wildman–Crippen MR) is 156 cm³/mol. The van der Waals surface area contributed by atoms with E-state index in [1.54, 1.807) is 38.1 Å². The summed E-state index contributed by atoms with van der Waals surface area (Å²) in [4.78, 5) is 65.0. The Kier molecular flexibility index (Phi) is 9.50. The molecule has 2 aliphatic heterocycles. The van der Waals surface area contributed by atoms with Gasteiger partial charge in [0.1, 0.15) is 22.1 Å². The molecular weight excluding hydrogens is 589 g/mol. The van der Waals surface area contributed by atoms with Gasteiger partial charge in [-0.15, -0.1) is 22.0 Å². The molecule has 0 bridgehead atoms. The lowest BCUT2D eigenvalue weighted by atomic mass is 10.0. The van der Waals surface area contributed by atoms with Crippen LogP contribution in [0.25, 0.3) is 0 Å². The molecule has 12 nitrogen and oxygen atoms in total. The second-order valence-electron chi connectivity index (χ2n) is 9.47. The number of allylic oxidation sites excluding steroid dienone is 1. The molecule has 216 valence electrons. The number of benzene rings is 1. The van der Waals surface area contributed by atoms with Crippen LogP contribution in [0, 0.1) is 6.92 Å². The minimum absolute atomic E-state index is 0.0576.